The Labute approximate surface area is 68.8 Å². The Hall–Kier alpha value is -1.64. The van der Waals surface area contributed by atoms with E-state index in [4.69, 9.17) is 5.73 Å². The molecule has 1 heterocycles. The number of rotatable bonds is 0. The van der Waals surface area contributed by atoms with Gasteiger partial charge < -0.3 is 5.73 Å². The van der Waals surface area contributed by atoms with Crippen LogP contribution in [0.1, 0.15) is 0 Å². The van der Waals surface area contributed by atoms with Crippen molar-refractivity contribution >= 4 is 16.6 Å². The van der Waals surface area contributed by atoms with Gasteiger partial charge >= 0.3 is 0 Å². The topological polar surface area (TPSA) is 38.9 Å². The molecular weight excluding hydrogens is 155 g/mol. The van der Waals surface area contributed by atoms with Crippen LogP contribution in [-0.4, -0.2) is 4.98 Å². The molecule has 0 unspecified atom stereocenters. The summed E-state index contributed by atoms with van der Waals surface area (Å²) in [6.45, 7) is 0. The number of anilines is 1. The van der Waals surface area contributed by atoms with E-state index in [-0.39, 0.29) is 5.82 Å². The first-order valence-electron chi connectivity index (χ1n) is 3.57. The molecule has 2 rings (SSSR count). The summed E-state index contributed by atoms with van der Waals surface area (Å²) in [6.07, 6.45) is 1.56. The Kier molecular flexibility index (Phi) is 1.43. The number of fused-ring (bicyclic) bond motifs is 1. The van der Waals surface area contributed by atoms with Crippen molar-refractivity contribution in [3.8, 4) is 0 Å². The fourth-order valence-electron chi connectivity index (χ4n) is 1.17. The smallest absolute Gasteiger partial charge is 0.151 e. The van der Waals surface area contributed by atoms with Gasteiger partial charge in [0.25, 0.3) is 0 Å². The maximum absolute atomic E-state index is 13.1. The van der Waals surface area contributed by atoms with Crippen LogP contribution in [-0.2, 0) is 0 Å². The Bertz CT molecular complexity index is 426. The van der Waals surface area contributed by atoms with Gasteiger partial charge in [-0.1, -0.05) is 6.07 Å². The van der Waals surface area contributed by atoms with Gasteiger partial charge in [0, 0.05) is 17.3 Å². The number of pyridine rings is 1. The first kappa shape index (κ1) is 7.03. The number of nitrogens with two attached hydrogens (primary N) is 1. The van der Waals surface area contributed by atoms with Crippen molar-refractivity contribution in [1.82, 2.24) is 4.98 Å². The van der Waals surface area contributed by atoms with Gasteiger partial charge in [0.2, 0.25) is 0 Å². The van der Waals surface area contributed by atoms with E-state index in [0.29, 0.717) is 11.2 Å². The summed E-state index contributed by atoms with van der Waals surface area (Å²) >= 11 is 0. The molecule has 0 bridgehead atoms. The summed E-state index contributed by atoms with van der Waals surface area (Å²) in [5.74, 6) is -0.370. The summed E-state index contributed by atoms with van der Waals surface area (Å²) in [7, 11) is 0. The predicted octanol–water partition coefficient (Wildman–Crippen LogP) is 1.96. The lowest BCUT2D eigenvalue weighted by Crippen LogP contribution is -1.89. The van der Waals surface area contributed by atoms with E-state index in [0.717, 1.165) is 5.39 Å². The lowest BCUT2D eigenvalue weighted by atomic mass is 10.2. The minimum atomic E-state index is -0.370. The minimum Gasteiger partial charge on any atom is -0.399 e. The number of halogens is 1. The second kappa shape index (κ2) is 2.44. The molecule has 1 aromatic heterocycles. The molecule has 0 aliphatic rings. The molecule has 60 valence electrons. The van der Waals surface area contributed by atoms with Crippen LogP contribution in [0.15, 0.2) is 30.5 Å². The second-order valence-electron chi connectivity index (χ2n) is 2.58. The predicted molar refractivity (Wildman–Crippen MR) is 46.1 cm³/mol. The molecule has 2 nitrogen and oxygen atoms in total. The lowest BCUT2D eigenvalue weighted by molar-refractivity contribution is 0.637. The minimum absolute atomic E-state index is 0.367. The van der Waals surface area contributed by atoms with Crippen LogP contribution in [0, 0.1) is 5.82 Å². The van der Waals surface area contributed by atoms with Crippen molar-refractivity contribution in [1.29, 1.82) is 0 Å². The Balaban J connectivity index is 2.89. The summed E-state index contributed by atoms with van der Waals surface area (Å²) in [4.78, 5) is 3.89. The van der Waals surface area contributed by atoms with Crippen LogP contribution in [0.5, 0.6) is 0 Å². The van der Waals surface area contributed by atoms with Crippen LogP contribution >= 0.6 is 0 Å². The van der Waals surface area contributed by atoms with E-state index in [9.17, 15) is 4.39 Å². The molecule has 0 amide bonds. The van der Waals surface area contributed by atoms with E-state index in [1.807, 2.05) is 0 Å². The first-order valence-corrected chi connectivity index (χ1v) is 3.57. The molecule has 0 aliphatic carbocycles. The maximum atomic E-state index is 13.1. The zero-order valence-corrected chi connectivity index (χ0v) is 6.29. The summed E-state index contributed by atoms with van der Waals surface area (Å²) in [5.41, 5.74) is 6.25. The highest BCUT2D eigenvalue weighted by Crippen LogP contribution is 2.18. The quantitative estimate of drug-likeness (QED) is 0.601. The molecule has 3 heteroatoms. The molecular formula is C9H7FN2. The normalized spacial score (nSPS) is 10.4. The molecule has 1 aromatic carbocycles. The molecule has 2 N–H and O–H groups in total. The van der Waals surface area contributed by atoms with E-state index >= 15 is 0 Å². The van der Waals surface area contributed by atoms with Gasteiger partial charge in [0.1, 0.15) is 5.52 Å². The van der Waals surface area contributed by atoms with Crippen LogP contribution < -0.4 is 5.73 Å². The molecule has 2 aromatic rings. The molecule has 0 fully saturated rings. The standard InChI is InChI=1S/C9H7FN2/c10-8-5-7(11)4-6-2-1-3-12-9(6)8/h1-5H,11H2. The third-order valence-electron chi connectivity index (χ3n) is 1.68. The largest absolute Gasteiger partial charge is 0.399 e. The average molecular weight is 162 g/mol. The van der Waals surface area contributed by atoms with Crippen molar-refractivity contribution in [2.45, 2.75) is 0 Å². The van der Waals surface area contributed by atoms with E-state index in [1.165, 1.54) is 6.07 Å². The van der Waals surface area contributed by atoms with E-state index in [1.54, 1.807) is 24.4 Å². The third kappa shape index (κ3) is 0.993. The van der Waals surface area contributed by atoms with Crippen molar-refractivity contribution in [3.63, 3.8) is 0 Å². The van der Waals surface area contributed by atoms with Gasteiger partial charge in [-0.05, 0) is 18.2 Å². The van der Waals surface area contributed by atoms with Crippen molar-refractivity contribution in [2.75, 3.05) is 5.73 Å². The third-order valence-corrected chi connectivity index (χ3v) is 1.68. The van der Waals surface area contributed by atoms with Gasteiger partial charge in [0.05, 0.1) is 0 Å². The van der Waals surface area contributed by atoms with E-state index < -0.39 is 0 Å². The molecule has 0 saturated carbocycles. The summed E-state index contributed by atoms with van der Waals surface area (Å²) < 4.78 is 13.1. The Morgan fingerprint density at radius 2 is 2.17 bits per heavy atom. The highest BCUT2D eigenvalue weighted by Gasteiger charge is 2.01. The average Bonchev–Trinajstić information content (AvgIpc) is 2.04. The van der Waals surface area contributed by atoms with Crippen molar-refractivity contribution in [3.05, 3.63) is 36.3 Å². The van der Waals surface area contributed by atoms with Crippen LogP contribution in [0.4, 0.5) is 10.1 Å². The highest BCUT2D eigenvalue weighted by molar-refractivity contribution is 5.82. The van der Waals surface area contributed by atoms with Gasteiger partial charge in [-0.25, -0.2) is 4.39 Å². The van der Waals surface area contributed by atoms with Gasteiger partial charge in [-0.2, -0.15) is 0 Å². The molecule has 12 heavy (non-hydrogen) atoms. The molecule has 0 saturated heterocycles. The number of nitrogen functional groups attached to an aromatic ring is 1. The van der Waals surface area contributed by atoms with Gasteiger partial charge in [-0.3, -0.25) is 4.98 Å². The van der Waals surface area contributed by atoms with Gasteiger partial charge in [-0.15, -0.1) is 0 Å². The van der Waals surface area contributed by atoms with Crippen molar-refractivity contribution in [2.24, 2.45) is 0 Å². The number of aromatic nitrogens is 1. The number of nitrogens with zero attached hydrogens (tertiary/aromatic N) is 1. The molecule has 0 spiro atoms. The molecule has 0 aliphatic heterocycles. The monoisotopic (exact) mass is 162 g/mol. The Morgan fingerprint density at radius 3 is 3.00 bits per heavy atom. The summed E-state index contributed by atoms with van der Waals surface area (Å²) in [6, 6.07) is 6.50. The van der Waals surface area contributed by atoms with Crippen LogP contribution in [0.25, 0.3) is 10.9 Å². The fraction of sp³-hybridized carbons (Fsp3) is 0. The zero-order valence-electron chi connectivity index (χ0n) is 6.29. The molecule has 0 atom stereocenters. The highest BCUT2D eigenvalue weighted by atomic mass is 19.1. The van der Waals surface area contributed by atoms with Gasteiger partial charge in [0.15, 0.2) is 5.82 Å². The fourth-order valence-corrected chi connectivity index (χ4v) is 1.17. The Morgan fingerprint density at radius 1 is 1.33 bits per heavy atom. The second-order valence-corrected chi connectivity index (χ2v) is 2.58. The zero-order chi connectivity index (χ0) is 8.55. The van der Waals surface area contributed by atoms with Crippen LogP contribution in [0.3, 0.4) is 0 Å². The maximum Gasteiger partial charge on any atom is 0.151 e. The van der Waals surface area contributed by atoms with Crippen LogP contribution in [0.2, 0.25) is 0 Å². The SMILES string of the molecule is Nc1cc(F)c2ncccc2c1. The first-order chi connectivity index (χ1) is 5.77. The number of benzene rings is 1. The van der Waals surface area contributed by atoms with E-state index in [2.05, 4.69) is 4.98 Å². The number of hydrogen-bond acceptors (Lipinski definition) is 2. The molecule has 0 radical (unpaired) electrons. The summed E-state index contributed by atoms with van der Waals surface area (Å²) in [5, 5.41) is 0.731. The lowest BCUT2D eigenvalue weighted by Gasteiger charge is -1.98. The number of hydrogen-bond donors (Lipinski definition) is 1. The van der Waals surface area contributed by atoms with Crippen molar-refractivity contribution < 1.29 is 4.39 Å².